The molecule has 1 heterocycles. The Bertz CT molecular complexity index is 936. The van der Waals surface area contributed by atoms with E-state index in [9.17, 15) is 12.8 Å². The van der Waals surface area contributed by atoms with Gasteiger partial charge in [-0.05, 0) is 31.2 Å². The summed E-state index contributed by atoms with van der Waals surface area (Å²) >= 11 is 0. The average Bonchev–Trinajstić information content (AvgIpc) is 2.95. The van der Waals surface area contributed by atoms with Crippen molar-refractivity contribution in [2.75, 3.05) is 0 Å². The summed E-state index contributed by atoms with van der Waals surface area (Å²) < 4.78 is 45.2. The van der Waals surface area contributed by atoms with E-state index in [0.717, 1.165) is 17.7 Å². The second-order valence-corrected chi connectivity index (χ2v) is 6.92. The molecule has 0 saturated heterocycles. The van der Waals surface area contributed by atoms with Crippen molar-refractivity contribution >= 4 is 10.0 Å². The summed E-state index contributed by atoms with van der Waals surface area (Å²) in [5.41, 5.74) is 1.57. The van der Waals surface area contributed by atoms with E-state index in [-0.39, 0.29) is 17.3 Å². The third-order valence-corrected chi connectivity index (χ3v) is 4.84. The van der Waals surface area contributed by atoms with Gasteiger partial charge in [0.2, 0.25) is 15.9 Å². The number of hydrogen-bond donors (Lipinski definition) is 1. The van der Waals surface area contributed by atoms with Crippen molar-refractivity contribution < 1.29 is 17.2 Å². The Morgan fingerprint density at radius 1 is 1.08 bits per heavy atom. The van der Waals surface area contributed by atoms with Crippen LogP contribution in [0, 0.1) is 12.7 Å². The standard InChI is InChI=1S/C17H15FN2O3S/c1-12-17(13-5-3-2-4-6-13)20-16(23-12)11-19-24(21,22)15-9-7-14(18)8-10-15/h2-10,19H,11H2,1H3. The summed E-state index contributed by atoms with van der Waals surface area (Å²) in [6.45, 7) is 1.68. The van der Waals surface area contributed by atoms with E-state index in [0.29, 0.717) is 11.5 Å². The van der Waals surface area contributed by atoms with E-state index < -0.39 is 15.8 Å². The van der Waals surface area contributed by atoms with Gasteiger partial charge in [-0.25, -0.2) is 22.5 Å². The van der Waals surface area contributed by atoms with E-state index in [1.807, 2.05) is 30.3 Å². The van der Waals surface area contributed by atoms with Gasteiger partial charge < -0.3 is 4.42 Å². The molecule has 0 amide bonds. The smallest absolute Gasteiger partial charge is 0.241 e. The molecule has 0 spiro atoms. The SMILES string of the molecule is Cc1oc(CNS(=O)(=O)c2ccc(F)cc2)nc1-c1ccccc1. The molecule has 24 heavy (non-hydrogen) atoms. The maximum Gasteiger partial charge on any atom is 0.241 e. The fourth-order valence-corrected chi connectivity index (χ4v) is 3.22. The molecule has 0 aliphatic rings. The molecule has 0 saturated carbocycles. The first-order valence-corrected chi connectivity index (χ1v) is 8.71. The lowest BCUT2D eigenvalue weighted by Crippen LogP contribution is -2.23. The molecule has 5 nitrogen and oxygen atoms in total. The Balaban J connectivity index is 1.77. The number of aryl methyl sites for hydroxylation is 1. The van der Waals surface area contributed by atoms with Gasteiger partial charge in [-0.3, -0.25) is 0 Å². The molecule has 0 radical (unpaired) electrons. The van der Waals surface area contributed by atoms with Crippen molar-refractivity contribution in [1.82, 2.24) is 9.71 Å². The molecule has 0 bridgehead atoms. The maximum absolute atomic E-state index is 12.9. The van der Waals surface area contributed by atoms with Gasteiger partial charge in [0, 0.05) is 5.56 Å². The highest BCUT2D eigenvalue weighted by Gasteiger charge is 2.17. The first-order valence-electron chi connectivity index (χ1n) is 7.23. The Morgan fingerprint density at radius 3 is 2.42 bits per heavy atom. The molecule has 7 heteroatoms. The third kappa shape index (κ3) is 3.52. The van der Waals surface area contributed by atoms with E-state index in [1.165, 1.54) is 12.1 Å². The predicted molar refractivity (Wildman–Crippen MR) is 87.1 cm³/mol. The van der Waals surface area contributed by atoms with Crippen LogP contribution in [0.1, 0.15) is 11.7 Å². The molecular formula is C17H15FN2O3S. The monoisotopic (exact) mass is 346 g/mol. The minimum absolute atomic E-state index is 0.0181. The number of oxazole rings is 1. The van der Waals surface area contributed by atoms with Crippen LogP contribution < -0.4 is 4.72 Å². The zero-order chi connectivity index (χ0) is 17.2. The van der Waals surface area contributed by atoms with Crippen molar-refractivity contribution in [3.8, 4) is 11.3 Å². The molecule has 124 valence electrons. The molecule has 0 fully saturated rings. The number of aromatic nitrogens is 1. The molecule has 0 aliphatic carbocycles. The summed E-state index contributed by atoms with van der Waals surface area (Å²) in [5.74, 6) is 0.374. The first kappa shape index (κ1) is 16.4. The molecule has 2 aromatic carbocycles. The first-order chi connectivity index (χ1) is 11.5. The number of sulfonamides is 1. The highest BCUT2D eigenvalue weighted by atomic mass is 32.2. The number of rotatable bonds is 5. The van der Waals surface area contributed by atoms with Crippen molar-refractivity contribution in [3.63, 3.8) is 0 Å². The zero-order valence-electron chi connectivity index (χ0n) is 12.9. The van der Waals surface area contributed by atoms with E-state index in [4.69, 9.17) is 4.42 Å². The summed E-state index contributed by atoms with van der Waals surface area (Å²) in [7, 11) is -3.76. The van der Waals surface area contributed by atoms with Crippen LogP contribution in [-0.2, 0) is 16.6 Å². The molecule has 0 aliphatic heterocycles. The van der Waals surface area contributed by atoms with Crippen LogP contribution in [0.5, 0.6) is 0 Å². The highest BCUT2D eigenvalue weighted by Crippen LogP contribution is 2.23. The quantitative estimate of drug-likeness (QED) is 0.770. The number of hydrogen-bond acceptors (Lipinski definition) is 4. The lowest BCUT2D eigenvalue weighted by Gasteiger charge is -2.04. The topological polar surface area (TPSA) is 72.2 Å². The number of benzene rings is 2. The van der Waals surface area contributed by atoms with Crippen LogP contribution in [0.15, 0.2) is 63.9 Å². The van der Waals surface area contributed by atoms with Crippen LogP contribution in [0.3, 0.4) is 0 Å². The maximum atomic E-state index is 12.9. The minimum Gasteiger partial charge on any atom is -0.444 e. The van der Waals surface area contributed by atoms with Crippen molar-refractivity contribution in [1.29, 1.82) is 0 Å². The van der Waals surface area contributed by atoms with E-state index in [2.05, 4.69) is 9.71 Å². The summed E-state index contributed by atoms with van der Waals surface area (Å²) in [6, 6.07) is 14.1. The third-order valence-electron chi connectivity index (χ3n) is 3.43. The largest absolute Gasteiger partial charge is 0.444 e. The zero-order valence-corrected chi connectivity index (χ0v) is 13.7. The second kappa shape index (κ2) is 6.54. The summed E-state index contributed by atoms with van der Waals surface area (Å²) in [5, 5.41) is 0. The van der Waals surface area contributed by atoms with Crippen LogP contribution in [0.2, 0.25) is 0 Å². The van der Waals surface area contributed by atoms with E-state index in [1.54, 1.807) is 6.92 Å². The van der Waals surface area contributed by atoms with Crippen molar-refractivity contribution in [2.24, 2.45) is 0 Å². The molecule has 1 N–H and O–H groups in total. The lowest BCUT2D eigenvalue weighted by molar-refractivity contribution is 0.463. The van der Waals surface area contributed by atoms with Crippen molar-refractivity contribution in [2.45, 2.75) is 18.4 Å². The van der Waals surface area contributed by atoms with Gasteiger partial charge in [0.25, 0.3) is 0 Å². The van der Waals surface area contributed by atoms with Gasteiger partial charge in [-0.15, -0.1) is 0 Å². The fraction of sp³-hybridized carbons (Fsp3) is 0.118. The number of nitrogens with one attached hydrogen (secondary N) is 1. The number of nitrogens with zero attached hydrogens (tertiary/aromatic N) is 1. The van der Waals surface area contributed by atoms with Gasteiger partial charge in [0.05, 0.1) is 11.4 Å². The summed E-state index contributed by atoms with van der Waals surface area (Å²) in [6.07, 6.45) is 0. The van der Waals surface area contributed by atoms with Gasteiger partial charge in [-0.1, -0.05) is 30.3 Å². The van der Waals surface area contributed by atoms with Crippen LogP contribution in [0.4, 0.5) is 4.39 Å². The molecule has 1 aromatic heterocycles. The Hall–Kier alpha value is -2.51. The average molecular weight is 346 g/mol. The fourth-order valence-electron chi connectivity index (χ4n) is 2.24. The highest BCUT2D eigenvalue weighted by molar-refractivity contribution is 7.89. The van der Waals surface area contributed by atoms with Crippen LogP contribution in [-0.4, -0.2) is 13.4 Å². The van der Waals surface area contributed by atoms with Crippen LogP contribution in [0.25, 0.3) is 11.3 Å². The van der Waals surface area contributed by atoms with E-state index >= 15 is 0 Å². The summed E-state index contributed by atoms with van der Waals surface area (Å²) in [4.78, 5) is 4.32. The Labute approximate surface area is 139 Å². The van der Waals surface area contributed by atoms with Gasteiger partial charge >= 0.3 is 0 Å². The van der Waals surface area contributed by atoms with Crippen molar-refractivity contribution in [3.05, 3.63) is 72.1 Å². The second-order valence-electron chi connectivity index (χ2n) is 5.16. The Kier molecular flexibility index (Phi) is 4.46. The molecule has 3 aromatic rings. The molecule has 0 atom stereocenters. The predicted octanol–water partition coefficient (Wildman–Crippen LogP) is 3.27. The lowest BCUT2D eigenvalue weighted by atomic mass is 10.1. The normalized spacial score (nSPS) is 11.6. The Morgan fingerprint density at radius 2 is 1.75 bits per heavy atom. The molecule has 3 rings (SSSR count). The van der Waals surface area contributed by atoms with Gasteiger partial charge in [0.15, 0.2) is 0 Å². The molecule has 0 unspecified atom stereocenters. The number of halogens is 1. The van der Waals surface area contributed by atoms with Gasteiger partial charge in [-0.2, -0.15) is 0 Å². The van der Waals surface area contributed by atoms with Gasteiger partial charge in [0.1, 0.15) is 17.3 Å². The van der Waals surface area contributed by atoms with Crippen LogP contribution >= 0.6 is 0 Å². The molecular weight excluding hydrogens is 331 g/mol. The minimum atomic E-state index is -3.76.